The highest BCUT2D eigenvalue weighted by Gasteiger charge is 2.17. The fourth-order valence-electron chi connectivity index (χ4n) is 3.54. The molecule has 2 N–H and O–H groups in total. The van der Waals surface area contributed by atoms with Crippen molar-refractivity contribution in [2.45, 2.75) is 53.1 Å². The second-order valence-electron chi connectivity index (χ2n) is 7.17. The molecule has 0 saturated carbocycles. The van der Waals surface area contributed by atoms with Gasteiger partial charge in [-0.1, -0.05) is 44.2 Å². The van der Waals surface area contributed by atoms with E-state index in [0.29, 0.717) is 6.04 Å². The number of hydrogen-bond donors (Lipinski definition) is 2. The van der Waals surface area contributed by atoms with Crippen LogP contribution >= 0.6 is 0 Å². The van der Waals surface area contributed by atoms with E-state index in [1.54, 1.807) is 0 Å². The van der Waals surface area contributed by atoms with Crippen LogP contribution in [0.25, 0.3) is 0 Å². The van der Waals surface area contributed by atoms with Gasteiger partial charge in [-0.25, -0.2) is 4.98 Å². The van der Waals surface area contributed by atoms with E-state index in [9.17, 15) is 0 Å². The van der Waals surface area contributed by atoms with Crippen LogP contribution < -0.4 is 10.6 Å². The van der Waals surface area contributed by atoms with Crippen molar-refractivity contribution in [2.75, 3.05) is 32.7 Å². The number of benzene rings is 1. The molecule has 0 fully saturated rings. The first kappa shape index (κ1) is 22.9. The van der Waals surface area contributed by atoms with Crippen LogP contribution in [0, 0.1) is 6.92 Å². The lowest BCUT2D eigenvalue weighted by molar-refractivity contribution is 0.224. The largest absolute Gasteiger partial charge is 0.357 e. The van der Waals surface area contributed by atoms with Crippen molar-refractivity contribution in [3.05, 3.63) is 54.1 Å². The van der Waals surface area contributed by atoms with Gasteiger partial charge >= 0.3 is 0 Å². The van der Waals surface area contributed by atoms with Crippen molar-refractivity contribution in [2.24, 2.45) is 4.99 Å². The fraction of sp³-hybridized carbons (Fsp3) is 0.565. The van der Waals surface area contributed by atoms with Crippen LogP contribution in [0.15, 0.2) is 47.7 Å². The summed E-state index contributed by atoms with van der Waals surface area (Å²) in [6.45, 7) is 14.2. The third kappa shape index (κ3) is 7.54. The SMILES string of the molecule is CCNC(=NCC(c1ccccc1)N(CC)CC)NCCCCn1ccnc1C. The van der Waals surface area contributed by atoms with Crippen molar-refractivity contribution in [3.8, 4) is 0 Å². The molecule has 0 saturated heterocycles. The number of unbranched alkanes of at least 4 members (excludes halogenated alkanes) is 1. The Morgan fingerprint density at radius 2 is 1.86 bits per heavy atom. The summed E-state index contributed by atoms with van der Waals surface area (Å²) in [5.41, 5.74) is 1.33. The van der Waals surface area contributed by atoms with Gasteiger partial charge in [-0.15, -0.1) is 0 Å². The molecule has 1 heterocycles. The van der Waals surface area contributed by atoms with E-state index in [4.69, 9.17) is 4.99 Å². The number of hydrogen-bond acceptors (Lipinski definition) is 3. The highest BCUT2D eigenvalue weighted by atomic mass is 15.2. The molecule has 1 aromatic carbocycles. The molecule has 2 rings (SSSR count). The Balaban J connectivity index is 1.90. The monoisotopic (exact) mass is 398 g/mol. The molecular formula is C23H38N6. The molecule has 0 aliphatic carbocycles. The number of likely N-dealkylation sites (N-methyl/N-ethyl adjacent to an activating group) is 1. The normalized spacial score (nSPS) is 12.9. The van der Waals surface area contributed by atoms with Crippen LogP contribution in [-0.2, 0) is 6.54 Å². The van der Waals surface area contributed by atoms with Gasteiger partial charge in [0, 0.05) is 32.0 Å². The summed E-state index contributed by atoms with van der Waals surface area (Å²) in [5, 5.41) is 6.88. The Morgan fingerprint density at radius 3 is 2.48 bits per heavy atom. The summed E-state index contributed by atoms with van der Waals surface area (Å²) in [7, 11) is 0. The van der Waals surface area contributed by atoms with Crippen molar-refractivity contribution in [3.63, 3.8) is 0 Å². The van der Waals surface area contributed by atoms with Crippen LogP contribution in [0.1, 0.15) is 51.0 Å². The second-order valence-corrected chi connectivity index (χ2v) is 7.17. The van der Waals surface area contributed by atoms with Gasteiger partial charge < -0.3 is 15.2 Å². The first-order chi connectivity index (χ1) is 14.2. The van der Waals surface area contributed by atoms with Gasteiger partial charge in [0.25, 0.3) is 0 Å². The van der Waals surface area contributed by atoms with Crippen molar-refractivity contribution < 1.29 is 0 Å². The topological polar surface area (TPSA) is 57.5 Å². The van der Waals surface area contributed by atoms with Crippen molar-refractivity contribution >= 4 is 5.96 Å². The van der Waals surface area contributed by atoms with E-state index >= 15 is 0 Å². The van der Waals surface area contributed by atoms with Gasteiger partial charge in [-0.05, 0) is 45.3 Å². The first-order valence-corrected chi connectivity index (χ1v) is 11.0. The Labute approximate surface area is 176 Å². The Kier molecular flexibility index (Phi) is 10.3. The zero-order valence-corrected chi connectivity index (χ0v) is 18.6. The molecule has 2 aromatic rings. The highest BCUT2D eigenvalue weighted by molar-refractivity contribution is 5.79. The zero-order chi connectivity index (χ0) is 20.9. The summed E-state index contributed by atoms with van der Waals surface area (Å²) >= 11 is 0. The lowest BCUT2D eigenvalue weighted by Gasteiger charge is -2.29. The van der Waals surface area contributed by atoms with E-state index in [0.717, 1.165) is 63.9 Å². The van der Waals surface area contributed by atoms with Gasteiger partial charge in [0.15, 0.2) is 5.96 Å². The van der Waals surface area contributed by atoms with Crippen LogP contribution in [-0.4, -0.2) is 53.1 Å². The van der Waals surface area contributed by atoms with Crippen molar-refractivity contribution in [1.82, 2.24) is 25.1 Å². The minimum absolute atomic E-state index is 0.297. The molecule has 1 unspecified atom stereocenters. The van der Waals surface area contributed by atoms with E-state index in [1.807, 2.05) is 19.3 Å². The van der Waals surface area contributed by atoms with Crippen LogP contribution in [0.5, 0.6) is 0 Å². The lowest BCUT2D eigenvalue weighted by Crippen LogP contribution is -2.39. The molecular weight excluding hydrogens is 360 g/mol. The first-order valence-electron chi connectivity index (χ1n) is 11.0. The number of rotatable bonds is 12. The summed E-state index contributed by atoms with van der Waals surface area (Å²) in [6.07, 6.45) is 6.13. The number of aliphatic imine (C=N–C) groups is 1. The zero-order valence-electron chi connectivity index (χ0n) is 18.6. The van der Waals surface area contributed by atoms with Crippen LogP contribution in [0.3, 0.4) is 0 Å². The number of nitrogens with zero attached hydrogens (tertiary/aromatic N) is 4. The second kappa shape index (κ2) is 13.0. The lowest BCUT2D eigenvalue weighted by atomic mass is 10.1. The molecule has 6 nitrogen and oxygen atoms in total. The Hall–Kier alpha value is -2.34. The predicted molar refractivity (Wildman–Crippen MR) is 122 cm³/mol. The standard InChI is InChI=1S/C23H38N6/c1-5-24-23(26-15-11-12-17-29-18-16-25-20(29)4)27-19-22(28(6-2)7-3)21-13-9-8-10-14-21/h8-10,13-14,16,18,22H,5-7,11-12,15,17,19H2,1-4H3,(H2,24,26,27). The third-order valence-electron chi connectivity index (χ3n) is 5.25. The van der Waals surface area contributed by atoms with E-state index in [-0.39, 0.29) is 0 Å². The molecule has 29 heavy (non-hydrogen) atoms. The maximum atomic E-state index is 4.91. The molecule has 0 spiro atoms. The number of imidazole rings is 1. The summed E-state index contributed by atoms with van der Waals surface area (Å²) < 4.78 is 2.20. The average Bonchev–Trinajstić information content (AvgIpc) is 3.16. The van der Waals surface area contributed by atoms with Crippen LogP contribution in [0.4, 0.5) is 0 Å². The van der Waals surface area contributed by atoms with E-state index in [2.05, 4.69) is 76.2 Å². The molecule has 6 heteroatoms. The summed E-state index contributed by atoms with van der Waals surface area (Å²) in [6, 6.07) is 11.0. The molecule has 0 aliphatic rings. The summed E-state index contributed by atoms with van der Waals surface area (Å²) in [4.78, 5) is 11.7. The maximum Gasteiger partial charge on any atom is 0.191 e. The highest BCUT2D eigenvalue weighted by Crippen LogP contribution is 2.20. The Morgan fingerprint density at radius 1 is 1.10 bits per heavy atom. The molecule has 0 bridgehead atoms. The van der Waals surface area contributed by atoms with Gasteiger partial charge in [-0.3, -0.25) is 9.89 Å². The number of guanidine groups is 1. The minimum Gasteiger partial charge on any atom is -0.357 e. The van der Waals surface area contributed by atoms with Gasteiger partial charge in [0.2, 0.25) is 0 Å². The average molecular weight is 399 g/mol. The van der Waals surface area contributed by atoms with Crippen LogP contribution in [0.2, 0.25) is 0 Å². The van der Waals surface area contributed by atoms with E-state index in [1.165, 1.54) is 5.56 Å². The molecule has 0 aliphatic heterocycles. The van der Waals surface area contributed by atoms with Gasteiger partial charge in [0.05, 0.1) is 12.6 Å². The fourth-order valence-corrected chi connectivity index (χ4v) is 3.54. The predicted octanol–water partition coefficient (Wildman–Crippen LogP) is 3.61. The number of aromatic nitrogens is 2. The number of nitrogens with one attached hydrogen (secondary N) is 2. The van der Waals surface area contributed by atoms with Gasteiger partial charge in [-0.2, -0.15) is 0 Å². The van der Waals surface area contributed by atoms with Crippen molar-refractivity contribution in [1.29, 1.82) is 0 Å². The molecule has 160 valence electrons. The molecule has 1 atom stereocenters. The third-order valence-corrected chi connectivity index (χ3v) is 5.25. The molecule has 0 amide bonds. The smallest absolute Gasteiger partial charge is 0.191 e. The Bertz CT molecular complexity index is 705. The van der Waals surface area contributed by atoms with E-state index < -0.39 is 0 Å². The molecule has 1 aromatic heterocycles. The summed E-state index contributed by atoms with van der Waals surface area (Å²) in [5.74, 6) is 1.98. The maximum absolute atomic E-state index is 4.91. The van der Waals surface area contributed by atoms with Gasteiger partial charge in [0.1, 0.15) is 5.82 Å². The number of aryl methyl sites for hydroxylation is 2. The quantitative estimate of drug-likeness (QED) is 0.326. The molecule has 0 radical (unpaired) electrons. The minimum atomic E-state index is 0.297.